The minimum absolute atomic E-state index is 0.0234. The fourth-order valence-electron chi connectivity index (χ4n) is 2.61. The van der Waals surface area contributed by atoms with Gasteiger partial charge in [0.1, 0.15) is 0 Å². The Kier molecular flexibility index (Phi) is 4.52. The first-order valence-corrected chi connectivity index (χ1v) is 8.76. The van der Waals surface area contributed by atoms with Crippen LogP contribution in [0.4, 0.5) is 0 Å². The van der Waals surface area contributed by atoms with E-state index in [0.717, 1.165) is 22.3 Å². The van der Waals surface area contributed by atoms with Gasteiger partial charge in [-0.15, -0.1) is 0 Å². The molecule has 0 bridgehead atoms. The van der Waals surface area contributed by atoms with E-state index in [1.807, 2.05) is 32.9 Å². The third-order valence-electron chi connectivity index (χ3n) is 3.79. The van der Waals surface area contributed by atoms with Crippen molar-refractivity contribution in [2.75, 3.05) is 0 Å². The van der Waals surface area contributed by atoms with Crippen LogP contribution in [-0.4, -0.2) is 14.2 Å². The van der Waals surface area contributed by atoms with Crippen LogP contribution in [0.5, 0.6) is 0 Å². The van der Waals surface area contributed by atoms with Crippen LogP contribution in [-0.2, 0) is 15.6 Å². The van der Waals surface area contributed by atoms with E-state index in [1.54, 1.807) is 12.1 Å². The maximum atomic E-state index is 12.6. The van der Waals surface area contributed by atoms with Gasteiger partial charge in [-0.2, -0.15) is 0 Å². The van der Waals surface area contributed by atoms with Gasteiger partial charge in [0.15, 0.2) is 15.6 Å². The van der Waals surface area contributed by atoms with Crippen LogP contribution in [0.25, 0.3) is 0 Å². The summed E-state index contributed by atoms with van der Waals surface area (Å²) in [4.78, 5) is 11.5. The molecule has 0 aliphatic carbocycles. The van der Waals surface area contributed by atoms with Gasteiger partial charge in [0.05, 0.1) is 10.6 Å². The second-order valence-corrected chi connectivity index (χ2v) is 7.71. The maximum Gasteiger partial charge on any atom is 0.182 e. The normalized spacial score (nSPS) is 11.5. The van der Waals surface area contributed by atoms with Gasteiger partial charge in [-0.25, -0.2) is 8.42 Å². The van der Waals surface area contributed by atoms with Crippen LogP contribution >= 0.6 is 0 Å². The molecule has 3 nitrogen and oxygen atoms in total. The van der Waals surface area contributed by atoms with Gasteiger partial charge in [0.2, 0.25) is 0 Å². The van der Waals surface area contributed by atoms with E-state index in [-0.39, 0.29) is 16.4 Å². The number of Topliss-reactive ketones (excluding diaryl/α,β-unsaturated/α-hetero) is 1. The summed E-state index contributed by atoms with van der Waals surface area (Å²) in [6.07, 6.45) is 0. The molecule has 116 valence electrons. The number of carbonyl (C=O) groups excluding carboxylic acids is 1. The number of aryl methyl sites for hydroxylation is 3. The summed E-state index contributed by atoms with van der Waals surface area (Å²) in [6, 6.07) is 10.1. The van der Waals surface area contributed by atoms with Crippen LogP contribution in [0.1, 0.15) is 39.5 Å². The first kappa shape index (κ1) is 16.4. The van der Waals surface area contributed by atoms with Gasteiger partial charge in [0, 0.05) is 5.56 Å². The fraction of sp³-hybridized carbons (Fsp3) is 0.278. The maximum absolute atomic E-state index is 12.6. The Hall–Kier alpha value is -1.94. The average molecular weight is 316 g/mol. The van der Waals surface area contributed by atoms with E-state index in [9.17, 15) is 13.2 Å². The Morgan fingerprint density at radius 2 is 1.45 bits per heavy atom. The predicted molar refractivity (Wildman–Crippen MR) is 88.0 cm³/mol. The summed E-state index contributed by atoms with van der Waals surface area (Å²) in [6.45, 7) is 7.33. The monoisotopic (exact) mass is 316 g/mol. The zero-order valence-corrected chi connectivity index (χ0v) is 14.1. The van der Waals surface area contributed by atoms with Crippen molar-refractivity contribution in [1.29, 1.82) is 0 Å². The van der Waals surface area contributed by atoms with Crippen molar-refractivity contribution in [3.8, 4) is 0 Å². The van der Waals surface area contributed by atoms with E-state index in [0.29, 0.717) is 5.56 Å². The number of rotatable bonds is 4. The minimum atomic E-state index is -3.42. The molecule has 0 aliphatic heterocycles. The first-order valence-electron chi connectivity index (χ1n) is 7.11. The van der Waals surface area contributed by atoms with Gasteiger partial charge in [0.25, 0.3) is 0 Å². The fourth-order valence-corrected chi connectivity index (χ4v) is 4.16. The molecule has 0 amide bonds. The SMILES string of the molecule is CC(=O)c1ccc(S(=O)(=O)Cc2c(C)cc(C)cc2C)cc1. The molecule has 0 saturated carbocycles. The molecular weight excluding hydrogens is 296 g/mol. The summed E-state index contributed by atoms with van der Waals surface area (Å²) in [5.74, 6) is -0.0983. The summed E-state index contributed by atoms with van der Waals surface area (Å²) in [5.41, 5.74) is 4.47. The van der Waals surface area contributed by atoms with Crippen LogP contribution in [0.3, 0.4) is 0 Å². The molecule has 22 heavy (non-hydrogen) atoms. The lowest BCUT2D eigenvalue weighted by atomic mass is 10.0. The molecule has 0 aliphatic rings. The molecule has 0 saturated heterocycles. The quantitative estimate of drug-likeness (QED) is 0.806. The minimum Gasteiger partial charge on any atom is -0.295 e. The van der Waals surface area contributed by atoms with Crippen LogP contribution < -0.4 is 0 Å². The molecule has 4 heteroatoms. The van der Waals surface area contributed by atoms with Gasteiger partial charge >= 0.3 is 0 Å². The lowest BCUT2D eigenvalue weighted by Gasteiger charge is -2.12. The van der Waals surface area contributed by atoms with E-state index in [2.05, 4.69) is 0 Å². The van der Waals surface area contributed by atoms with Crippen molar-refractivity contribution < 1.29 is 13.2 Å². The van der Waals surface area contributed by atoms with Gasteiger partial charge in [-0.1, -0.05) is 29.8 Å². The van der Waals surface area contributed by atoms with Crippen molar-refractivity contribution >= 4 is 15.6 Å². The number of sulfone groups is 1. The van der Waals surface area contributed by atoms with Crippen molar-refractivity contribution in [1.82, 2.24) is 0 Å². The Bertz CT molecular complexity index is 793. The molecular formula is C18H20O3S. The molecule has 0 unspecified atom stereocenters. The van der Waals surface area contributed by atoms with Gasteiger partial charge in [-0.3, -0.25) is 4.79 Å². The molecule has 0 atom stereocenters. The second-order valence-electron chi connectivity index (χ2n) is 5.72. The standard InChI is InChI=1S/C18H20O3S/c1-12-9-13(2)18(14(3)10-12)11-22(20,21)17-7-5-16(6-8-17)15(4)19/h5-10H,11H2,1-4H3. The highest BCUT2D eigenvalue weighted by Crippen LogP contribution is 2.23. The Morgan fingerprint density at radius 3 is 1.91 bits per heavy atom. The second kappa shape index (κ2) is 6.05. The highest BCUT2D eigenvalue weighted by atomic mass is 32.2. The Morgan fingerprint density at radius 1 is 0.955 bits per heavy atom. The van der Waals surface area contributed by atoms with Crippen LogP contribution in [0, 0.1) is 20.8 Å². The van der Waals surface area contributed by atoms with Crippen LogP contribution in [0.2, 0.25) is 0 Å². The van der Waals surface area contributed by atoms with Crippen molar-refractivity contribution in [3.05, 3.63) is 64.2 Å². The number of ketones is 1. The molecule has 0 heterocycles. The van der Waals surface area contributed by atoms with E-state index in [4.69, 9.17) is 0 Å². The smallest absolute Gasteiger partial charge is 0.182 e. The Labute approximate surface area is 131 Å². The third-order valence-corrected chi connectivity index (χ3v) is 5.45. The summed E-state index contributed by atoms with van der Waals surface area (Å²) >= 11 is 0. The van der Waals surface area contributed by atoms with E-state index in [1.165, 1.54) is 19.1 Å². The lowest BCUT2D eigenvalue weighted by molar-refractivity contribution is 0.101. The molecule has 0 fully saturated rings. The molecule has 0 aromatic heterocycles. The lowest BCUT2D eigenvalue weighted by Crippen LogP contribution is -2.08. The molecule has 2 aromatic rings. The molecule has 0 N–H and O–H groups in total. The van der Waals surface area contributed by atoms with E-state index >= 15 is 0 Å². The third kappa shape index (κ3) is 3.45. The van der Waals surface area contributed by atoms with E-state index < -0.39 is 9.84 Å². The van der Waals surface area contributed by atoms with Crippen molar-refractivity contribution in [3.63, 3.8) is 0 Å². The van der Waals surface area contributed by atoms with Gasteiger partial charge < -0.3 is 0 Å². The molecule has 2 rings (SSSR count). The zero-order chi connectivity index (χ0) is 16.5. The number of hydrogen-bond donors (Lipinski definition) is 0. The highest BCUT2D eigenvalue weighted by molar-refractivity contribution is 7.90. The highest BCUT2D eigenvalue weighted by Gasteiger charge is 2.18. The largest absolute Gasteiger partial charge is 0.295 e. The van der Waals surface area contributed by atoms with Crippen molar-refractivity contribution in [2.45, 2.75) is 38.3 Å². The first-order chi connectivity index (χ1) is 10.2. The van der Waals surface area contributed by atoms with Crippen LogP contribution in [0.15, 0.2) is 41.3 Å². The summed E-state index contributed by atoms with van der Waals surface area (Å²) in [7, 11) is -3.42. The number of carbonyl (C=O) groups is 1. The molecule has 0 spiro atoms. The molecule has 2 aromatic carbocycles. The zero-order valence-electron chi connectivity index (χ0n) is 13.3. The summed E-state index contributed by atoms with van der Waals surface area (Å²) < 4.78 is 25.2. The van der Waals surface area contributed by atoms with Crippen molar-refractivity contribution in [2.24, 2.45) is 0 Å². The number of hydrogen-bond acceptors (Lipinski definition) is 3. The topological polar surface area (TPSA) is 51.2 Å². The summed E-state index contributed by atoms with van der Waals surface area (Å²) in [5, 5.41) is 0. The van der Waals surface area contributed by atoms with Gasteiger partial charge in [-0.05, 0) is 56.5 Å². The number of benzene rings is 2. The average Bonchev–Trinajstić information content (AvgIpc) is 2.43. The predicted octanol–water partition coefficient (Wildman–Crippen LogP) is 3.79. The Balaban J connectivity index is 2.38. The molecule has 0 radical (unpaired) electrons.